The number of aromatic nitrogens is 2. The first-order chi connectivity index (χ1) is 22.8. The summed E-state index contributed by atoms with van der Waals surface area (Å²) in [4.78, 5) is 10.4. The number of furan rings is 2. The molecule has 0 saturated heterocycles. The first kappa shape index (κ1) is 25.1. The number of fused-ring (bicyclic) bond motifs is 9. The molecule has 0 unspecified atom stereocenters. The lowest BCUT2D eigenvalue weighted by atomic mass is 9.94. The Hall–Kier alpha value is -6.26. The molecule has 10 rings (SSSR count). The molecule has 4 nitrogen and oxygen atoms in total. The van der Waals surface area contributed by atoms with Gasteiger partial charge < -0.3 is 8.83 Å². The summed E-state index contributed by atoms with van der Waals surface area (Å²) in [6, 6.07) is 50.2. The Morgan fingerprint density at radius 1 is 0.391 bits per heavy atom. The maximum absolute atomic E-state index is 6.63. The van der Waals surface area contributed by atoms with Gasteiger partial charge in [-0.25, -0.2) is 9.97 Å². The summed E-state index contributed by atoms with van der Waals surface area (Å²) >= 11 is 0. The monoisotopic (exact) mass is 588 g/mol. The summed E-state index contributed by atoms with van der Waals surface area (Å²) < 4.78 is 12.9. The predicted octanol–water partition coefficient (Wildman–Crippen LogP) is 11.6. The molecule has 10 aromatic rings. The summed E-state index contributed by atoms with van der Waals surface area (Å²) in [7, 11) is 0. The number of benzene rings is 7. The van der Waals surface area contributed by atoms with Crippen LogP contribution in [0, 0.1) is 0 Å². The molecule has 214 valence electrons. The molecule has 0 amide bonds. The first-order valence-corrected chi connectivity index (χ1v) is 15.4. The molecule has 7 aromatic carbocycles. The summed E-state index contributed by atoms with van der Waals surface area (Å²) in [5.74, 6) is 0.654. The molecule has 0 aliphatic rings. The minimum atomic E-state index is 0.654. The van der Waals surface area contributed by atoms with Crippen molar-refractivity contribution in [1.29, 1.82) is 0 Å². The van der Waals surface area contributed by atoms with E-state index in [2.05, 4.69) is 103 Å². The largest absolute Gasteiger partial charge is 0.456 e. The second-order valence-corrected chi connectivity index (χ2v) is 11.7. The molecule has 0 atom stereocenters. The molecule has 0 N–H and O–H groups in total. The molecule has 0 fully saturated rings. The fourth-order valence-corrected chi connectivity index (χ4v) is 6.98. The van der Waals surface area contributed by atoms with Gasteiger partial charge in [0.1, 0.15) is 22.3 Å². The van der Waals surface area contributed by atoms with Crippen molar-refractivity contribution in [3.05, 3.63) is 146 Å². The molecule has 4 heteroatoms. The maximum Gasteiger partial charge on any atom is 0.161 e. The molecular formula is C42H24N2O2. The van der Waals surface area contributed by atoms with Gasteiger partial charge >= 0.3 is 0 Å². The second-order valence-electron chi connectivity index (χ2n) is 11.7. The molecule has 3 heterocycles. The zero-order chi connectivity index (χ0) is 30.2. The topological polar surface area (TPSA) is 52.1 Å². The van der Waals surface area contributed by atoms with Gasteiger partial charge in [0.05, 0.1) is 11.2 Å². The van der Waals surface area contributed by atoms with E-state index < -0.39 is 0 Å². The van der Waals surface area contributed by atoms with Crippen molar-refractivity contribution >= 4 is 65.6 Å². The van der Waals surface area contributed by atoms with Gasteiger partial charge in [-0.05, 0) is 52.9 Å². The van der Waals surface area contributed by atoms with Gasteiger partial charge in [0, 0.05) is 43.4 Å². The number of nitrogens with zero attached hydrogens (tertiary/aromatic N) is 2. The third kappa shape index (κ3) is 3.67. The van der Waals surface area contributed by atoms with E-state index in [0.717, 1.165) is 87.9 Å². The van der Waals surface area contributed by atoms with Crippen molar-refractivity contribution in [2.24, 2.45) is 0 Å². The maximum atomic E-state index is 6.63. The van der Waals surface area contributed by atoms with E-state index in [9.17, 15) is 0 Å². The van der Waals surface area contributed by atoms with Crippen LogP contribution in [0.5, 0.6) is 0 Å². The van der Waals surface area contributed by atoms with E-state index in [1.54, 1.807) is 0 Å². The second kappa shape index (κ2) is 9.62. The Morgan fingerprint density at radius 2 is 1.11 bits per heavy atom. The Labute approximate surface area is 263 Å². The third-order valence-electron chi connectivity index (χ3n) is 9.08. The Kier molecular flexibility index (Phi) is 5.25. The van der Waals surface area contributed by atoms with Crippen molar-refractivity contribution < 1.29 is 8.83 Å². The van der Waals surface area contributed by atoms with E-state index in [1.807, 2.05) is 42.5 Å². The van der Waals surface area contributed by atoms with Crippen LogP contribution in [0.15, 0.2) is 154 Å². The fourth-order valence-electron chi connectivity index (χ4n) is 6.98. The summed E-state index contributed by atoms with van der Waals surface area (Å²) in [5, 5.41) is 7.49. The van der Waals surface area contributed by atoms with Gasteiger partial charge in [0.2, 0.25) is 0 Å². The molecule has 0 aliphatic heterocycles. The van der Waals surface area contributed by atoms with E-state index >= 15 is 0 Å². The van der Waals surface area contributed by atoms with E-state index in [0.29, 0.717) is 5.82 Å². The lowest BCUT2D eigenvalue weighted by Crippen LogP contribution is -1.95. The predicted molar refractivity (Wildman–Crippen MR) is 188 cm³/mol. The number of hydrogen-bond donors (Lipinski definition) is 0. The zero-order valence-corrected chi connectivity index (χ0v) is 24.6. The standard InChI is InChI=1S/C42H24N2O2/c1-2-11-25(12-3-1)33-24-34-39-32(17-10-20-37(39)46-41(34)30-15-5-4-13-27(30)33)42-43-35-18-8-6-16-31(35)40(44-42)26-21-22-29-28-14-7-9-19-36(28)45-38(29)23-26/h1-24H. The molecule has 46 heavy (non-hydrogen) atoms. The summed E-state index contributed by atoms with van der Waals surface area (Å²) in [6.45, 7) is 0. The lowest BCUT2D eigenvalue weighted by Gasteiger charge is -2.11. The molecule has 3 aromatic heterocycles. The van der Waals surface area contributed by atoms with Crippen molar-refractivity contribution in [2.75, 3.05) is 0 Å². The van der Waals surface area contributed by atoms with Crippen molar-refractivity contribution in [3.63, 3.8) is 0 Å². The van der Waals surface area contributed by atoms with Gasteiger partial charge in [-0.1, -0.05) is 109 Å². The van der Waals surface area contributed by atoms with Gasteiger partial charge in [0.15, 0.2) is 5.82 Å². The average molecular weight is 589 g/mol. The van der Waals surface area contributed by atoms with E-state index in [-0.39, 0.29) is 0 Å². The number of para-hydroxylation sites is 2. The van der Waals surface area contributed by atoms with Crippen LogP contribution in [0.3, 0.4) is 0 Å². The fraction of sp³-hybridized carbons (Fsp3) is 0. The van der Waals surface area contributed by atoms with Crippen molar-refractivity contribution in [1.82, 2.24) is 9.97 Å². The van der Waals surface area contributed by atoms with Crippen LogP contribution in [-0.4, -0.2) is 9.97 Å². The van der Waals surface area contributed by atoms with E-state index in [1.165, 1.54) is 5.56 Å². The van der Waals surface area contributed by atoms with Gasteiger partial charge in [-0.3, -0.25) is 0 Å². The van der Waals surface area contributed by atoms with E-state index in [4.69, 9.17) is 18.8 Å². The first-order valence-electron chi connectivity index (χ1n) is 15.4. The van der Waals surface area contributed by atoms with Crippen LogP contribution in [0.4, 0.5) is 0 Å². The van der Waals surface area contributed by atoms with Crippen LogP contribution in [0.2, 0.25) is 0 Å². The molecular weight excluding hydrogens is 564 g/mol. The summed E-state index contributed by atoms with van der Waals surface area (Å²) in [5.41, 5.74) is 9.39. The SMILES string of the molecule is c1ccc(-c2cc3c(oc4cccc(-c5nc(-c6ccc7c(c6)oc6ccccc67)c6ccccc6n5)c43)c3ccccc23)cc1. The minimum Gasteiger partial charge on any atom is -0.456 e. The third-order valence-corrected chi connectivity index (χ3v) is 9.08. The highest BCUT2D eigenvalue weighted by Crippen LogP contribution is 2.43. The lowest BCUT2D eigenvalue weighted by molar-refractivity contribution is 0.669. The Bertz CT molecular complexity index is 2810. The van der Waals surface area contributed by atoms with Crippen LogP contribution in [-0.2, 0) is 0 Å². The highest BCUT2D eigenvalue weighted by Gasteiger charge is 2.20. The van der Waals surface area contributed by atoms with Crippen LogP contribution in [0.25, 0.3) is 99.3 Å². The van der Waals surface area contributed by atoms with Crippen LogP contribution in [0.1, 0.15) is 0 Å². The molecule has 0 radical (unpaired) electrons. The Balaban J connectivity index is 1.25. The highest BCUT2D eigenvalue weighted by molar-refractivity contribution is 6.22. The number of rotatable bonds is 3. The zero-order valence-electron chi connectivity index (χ0n) is 24.6. The summed E-state index contributed by atoms with van der Waals surface area (Å²) in [6.07, 6.45) is 0. The molecule has 0 aliphatic carbocycles. The van der Waals surface area contributed by atoms with Gasteiger partial charge in [0.25, 0.3) is 0 Å². The normalized spacial score (nSPS) is 11.9. The van der Waals surface area contributed by atoms with Gasteiger partial charge in [-0.2, -0.15) is 0 Å². The smallest absolute Gasteiger partial charge is 0.161 e. The highest BCUT2D eigenvalue weighted by atomic mass is 16.3. The molecule has 0 spiro atoms. The molecule has 0 saturated carbocycles. The molecule has 0 bridgehead atoms. The van der Waals surface area contributed by atoms with Crippen LogP contribution >= 0.6 is 0 Å². The minimum absolute atomic E-state index is 0.654. The quantitative estimate of drug-likeness (QED) is 0.206. The Morgan fingerprint density at radius 3 is 2.00 bits per heavy atom. The van der Waals surface area contributed by atoms with Gasteiger partial charge in [-0.15, -0.1) is 0 Å². The number of hydrogen-bond acceptors (Lipinski definition) is 4. The van der Waals surface area contributed by atoms with Crippen molar-refractivity contribution in [2.45, 2.75) is 0 Å². The van der Waals surface area contributed by atoms with Crippen molar-refractivity contribution in [3.8, 4) is 33.8 Å². The van der Waals surface area contributed by atoms with Crippen LogP contribution < -0.4 is 0 Å². The average Bonchev–Trinajstić information content (AvgIpc) is 3.69.